The number of fused-ring (bicyclic) bond motifs is 5. The minimum atomic E-state index is -0.0493. The lowest BCUT2D eigenvalue weighted by Gasteiger charge is -2.60. The average molecular weight is 286 g/mol. The maximum absolute atomic E-state index is 12.3. The standard InChI is InChI=1S/C20H30O/c1-13-8-10-19(2)14(12-13)4-5-15-16-6-7-18(21)20(16,3)11-9-17(15)19/h6-7,13-17H,4-5,8-12H2,1-3H3/t13-,14-,15-,16-,17-,19-,20-/m0/s1. The van der Waals surface area contributed by atoms with Crippen molar-refractivity contribution in [2.24, 2.45) is 40.4 Å². The van der Waals surface area contributed by atoms with Crippen molar-refractivity contribution in [1.82, 2.24) is 0 Å². The van der Waals surface area contributed by atoms with Gasteiger partial charge in [0, 0.05) is 5.41 Å². The second kappa shape index (κ2) is 4.46. The van der Waals surface area contributed by atoms with E-state index in [2.05, 4.69) is 26.8 Å². The van der Waals surface area contributed by atoms with Crippen LogP contribution in [0.2, 0.25) is 0 Å². The molecule has 0 amide bonds. The zero-order valence-corrected chi connectivity index (χ0v) is 13.9. The van der Waals surface area contributed by atoms with Gasteiger partial charge in [-0.2, -0.15) is 0 Å². The Hall–Kier alpha value is -0.590. The number of allylic oxidation sites excluding steroid dienone is 2. The molecule has 4 rings (SSSR count). The van der Waals surface area contributed by atoms with Crippen LogP contribution in [0.15, 0.2) is 12.2 Å². The Morgan fingerprint density at radius 1 is 1.10 bits per heavy atom. The molecule has 1 heteroatoms. The van der Waals surface area contributed by atoms with Gasteiger partial charge in [0.15, 0.2) is 5.78 Å². The van der Waals surface area contributed by atoms with E-state index in [4.69, 9.17) is 0 Å². The predicted molar refractivity (Wildman–Crippen MR) is 85.8 cm³/mol. The first-order chi connectivity index (χ1) is 9.95. The van der Waals surface area contributed by atoms with Crippen molar-refractivity contribution < 1.29 is 4.79 Å². The molecule has 0 aromatic rings. The summed E-state index contributed by atoms with van der Waals surface area (Å²) in [5.74, 6) is 4.49. The van der Waals surface area contributed by atoms with Gasteiger partial charge < -0.3 is 0 Å². The van der Waals surface area contributed by atoms with Gasteiger partial charge in [-0.05, 0) is 79.6 Å². The van der Waals surface area contributed by atoms with Crippen molar-refractivity contribution in [3.8, 4) is 0 Å². The molecule has 3 saturated carbocycles. The first-order valence-corrected chi connectivity index (χ1v) is 9.18. The smallest absolute Gasteiger partial charge is 0.161 e. The van der Waals surface area contributed by atoms with Crippen LogP contribution < -0.4 is 0 Å². The van der Waals surface area contributed by atoms with E-state index in [1.165, 1.54) is 38.5 Å². The predicted octanol–water partition coefficient (Wildman–Crippen LogP) is 5.01. The SMILES string of the molecule is C[C@H]1CC[C@@]2(C)[C@@H](CC[C@@H]3[C@@H]2CC[C@]2(C)C(=O)C=C[C@@H]32)C1. The van der Waals surface area contributed by atoms with E-state index in [-0.39, 0.29) is 5.41 Å². The molecule has 0 unspecified atom stereocenters. The fraction of sp³-hybridized carbons (Fsp3) is 0.850. The van der Waals surface area contributed by atoms with E-state index >= 15 is 0 Å². The van der Waals surface area contributed by atoms with Gasteiger partial charge in [-0.25, -0.2) is 0 Å². The van der Waals surface area contributed by atoms with Gasteiger partial charge in [-0.3, -0.25) is 4.79 Å². The second-order valence-electron chi connectivity index (χ2n) is 9.14. The van der Waals surface area contributed by atoms with Crippen LogP contribution in [0.5, 0.6) is 0 Å². The summed E-state index contributed by atoms with van der Waals surface area (Å²) in [5, 5.41) is 0. The molecular formula is C20H30O. The molecule has 1 nitrogen and oxygen atoms in total. The lowest BCUT2D eigenvalue weighted by atomic mass is 9.45. The number of rotatable bonds is 0. The lowest BCUT2D eigenvalue weighted by molar-refractivity contribution is -0.137. The first kappa shape index (κ1) is 14.0. The highest BCUT2D eigenvalue weighted by Gasteiger charge is 2.58. The Balaban J connectivity index is 1.65. The number of hydrogen-bond donors (Lipinski definition) is 0. The number of ketones is 1. The van der Waals surface area contributed by atoms with E-state index in [9.17, 15) is 4.79 Å². The van der Waals surface area contributed by atoms with Crippen molar-refractivity contribution in [2.75, 3.05) is 0 Å². The summed E-state index contributed by atoms with van der Waals surface area (Å²) in [5.41, 5.74) is 0.516. The molecule has 7 atom stereocenters. The number of hydrogen-bond acceptors (Lipinski definition) is 1. The third-order valence-corrected chi connectivity index (χ3v) is 8.20. The van der Waals surface area contributed by atoms with Crippen LogP contribution >= 0.6 is 0 Å². The molecule has 21 heavy (non-hydrogen) atoms. The highest BCUT2D eigenvalue weighted by Crippen LogP contribution is 2.64. The molecule has 0 aliphatic heterocycles. The monoisotopic (exact) mass is 286 g/mol. The van der Waals surface area contributed by atoms with Gasteiger partial charge >= 0.3 is 0 Å². The third-order valence-electron chi connectivity index (χ3n) is 8.20. The van der Waals surface area contributed by atoms with Crippen molar-refractivity contribution in [3.63, 3.8) is 0 Å². The van der Waals surface area contributed by atoms with Crippen LogP contribution in [0.4, 0.5) is 0 Å². The molecule has 0 saturated heterocycles. The Labute approximate surface area is 129 Å². The van der Waals surface area contributed by atoms with Crippen molar-refractivity contribution in [3.05, 3.63) is 12.2 Å². The molecule has 0 heterocycles. The molecule has 4 aliphatic carbocycles. The summed E-state index contributed by atoms with van der Waals surface area (Å²) in [6.45, 7) is 7.29. The lowest BCUT2D eigenvalue weighted by Crippen LogP contribution is -2.53. The Morgan fingerprint density at radius 3 is 2.71 bits per heavy atom. The van der Waals surface area contributed by atoms with Gasteiger partial charge in [0.1, 0.15) is 0 Å². The molecule has 0 aromatic carbocycles. The van der Waals surface area contributed by atoms with Gasteiger partial charge in [0.2, 0.25) is 0 Å². The highest BCUT2D eigenvalue weighted by molar-refractivity contribution is 5.97. The molecule has 116 valence electrons. The fourth-order valence-corrected chi connectivity index (χ4v) is 6.75. The van der Waals surface area contributed by atoms with Gasteiger partial charge in [-0.1, -0.05) is 33.3 Å². The normalized spacial score (nSPS) is 55.8. The maximum Gasteiger partial charge on any atom is 0.161 e. The van der Waals surface area contributed by atoms with Gasteiger partial charge in [0.05, 0.1) is 0 Å². The van der Waals surface area contributed by atoms with E-state index in [0.717, 1.165) is 30.1 Å². The molecule has 0 N–H and O–H groups in total. The number of carbonyl (C=O) groups is 1. The van der Waals surface area contributed by atoms with Gasteiger partial charge in [-0.15, -0.1) is 0 Å². The highest BCUT2D eigenvalue weighted by atomic mass is 16.1. The van der Waals surface area contributed by atoms with Crippen molar-refractivity contribution in [1.29, 1.82) is 0 Å². The maximum atomic E-state index is 12.3. The van der Waals surface area contributed by atoms with Crippen LogP contribution in [0, 0.1) is 40.4 Å². The summed E-state index contributed by atoms with van der Waals surface area (Å²) < 4.78 is 0. The molecule has 0 spiro atoms. The van der Waals surface area contributed by atoms with Crippen LogP contribution in [-0.2, 0) is 4.79 Å². The zero-order chi connectivity index (χ0) is 14.8. The first-order valence-electron chi connectivity index (χ1n) is 9.18. The topological polar surface area (TPSA) is 17.1 Å². The molecule has 0 bridgehead atoms. The minimum Gasteiger partial charge on any atom is -0.294 e. The second-order valence-corrected chi connectivity index (χ2v) is 9.14. The van der Waals surface area contributed by atoms with Crippen molar-refractivity contribution in [2.45, 2.75) is 65.7 Å². The minimum absolute atomic E-state index is 0.0493. The zero-order valence-electron chi connectivity index (χ0n) is 13.9. The Kier molecular flexibility index (Phi) is 2.98. The summed E-state index contributed by atoms with van der Waals surface area (Å²) in [6, 6.07) is 0. The van der Waals surface area contributed by atoms with Crippen molar-refractivity contribution >= 4 is 5.78 Å². The molecule has 0 radical (unpaired) electrons. The van der Waals surface area contributed by atoms with Crippen LogP contribution in [-0.4, -0.2) is 5.78 Å². The van der Waals surface area contributed by atoms with Crippen LogP contribution in [0.25, 0.3) is 0 Å². The van der Waals surface area contributed by atoms with Crippen LogP contribution in [0.3, 0.4) is 0 Å². The van der Waals surface area contributed by atoms with E-state index < -0.39 is 0 Å². The molecule has 0 aromatic heterocycles. The van der Waals surface area contributed by atoms with E-state index in [1.54, 1.807) is 0 Å². The fourth-order valence-electron chi connectivity index (χ4n) is 6.75. The van der Waals surface area contributed by atoms with E-state index in [1.807, 2.05) is 6.08 Å². The summed E-state index contributed by atoms with van der Waals surface area (Å²) in [4.78, 5) is 12.3. The Bertz CT molecular complexity index is 492. The third kappa shape index (κ3) is 1.79. The van der Waals surface area contributed by atoms with Gasteiger partial charge in [0.25, 0.3) is 0 Å². The Morgan fingerprint density at radius 2 is 1.90 bits per heavy atom. The summed E-state index contributed by atoms with van der Waals surface area (Å²) in [6.07, 6.45) is 13.7. The molecule has 4 aliphatic rings. The number of carbonyl (C=O) groups excluding carboxylic acids is 1. The summed E-state index contributed by atoms with van der Waals surface area (Å²) in [7, 11) is 0. The largest absolute Gasteiger partial charge is 0.294 e. The average Bonchev–Trinajstić information content (AvgIpc) is 2.76. The van der Waals surface area contributed by atoms with Crippen LogP contribution in [0.1, 0.15) is 65.7 Å². The summed E-state index contributed by atoms with van der Waals surface area (Å²) >= 11 is 0. The molecular weight excluding hydrogens is 256 g/mol. The molecule has 3 fully saturated rings. The van der Waals surface area contributed by atoms with E-state index in [0.29, 0.717) is 17.1 Å². The quantitative estimate of drug-likeness (QED) is 0.611.